The van der Waals surface area contributed by atoms with Gasteiger partial charge in [-0.3, -0.25) is 4.79 Å². The Labute approximate surface area is 74.8 Å². The molecule has 0 saturated carbocycles. The Kier molecular flexibility index (Phi) is 2.24. The first kappa shape index (κ1) is 8.87. The number of phenols is 1. The van der Waals surface area contributed by atoms with E-state index in [0.29, 0.717) is 10.6 Å². The van der Waals surface area contributed by atoms with Crippen molar-refractivity contribution < 1.29 is 9.90 Å². The van der Waals surface area contributed by atoms with Crippen LogP contribution in [-0.4, -0.2) is 11.0 Å². The highest BCUT2D eigenvalue weighted by Gasteiger charge is 2.12. The fourth-order valence-corrected chi connectivity index (χ4v) is 1.14. The van der Waals surface area contributed by atoms with Gasteiger partial charge >= 0.3 is 0 Å². The van der Waals surface area contributed by atoms with Crippen LogP contribution in [0.2, 0.25) is 5.02 Å². The van der Waals surface area contributed by atoms with Crippen LogP contribution in [0.1, 0.15) is 15.9 Å². The first-order valence-corrected chi connectivity index (χ1v) is 3.69. The number of amides is 1. The van der Waals surface area contributed by atoms with E-state index >= 15 is 0 Å². The number of benzene rings is 1. The molecule has 1 rings (SSSR count). The van der Waals surface area contributed by atoms with E-state index in [9.17, 15) is 9.90 Å². The Morgan fingerprint density at radius 1 is 1.58 bits per heavy atom. The van der Waals surface area contributed by atoms with E-state index in [1.54, 1.807) is 6.92 Å². The SMILES string of the molecule is Cc1c(Cl)ccc(O)c1C(N)=O. The summed E-state index contributed by atoms with van der Waals surface area (Å²) in [4.78, 5) is 10.8. The standard InChI is InChI=1S/C8H8ClNO2/c1-4-5(9)2-3-6(11)7(4)8(10)12/h2-3,11H,1H3,(H2,10,12). The lowest BCUT2D eigenvalue weighted by Gasteiger charge is -2.05. The van der Waals surface area contributed by atoms with Crippen LogP contribution in [-0.2, 0) is 0 Å². The number of halogens is 1. The van der Waals surface area contributed by atoms with Crippen LogP contribution in [0.5, 0.6) is 5.75 Å². The Balaban J connectivity index is 3.43. The average Bonchev–Trinajstić information content (AvgIpc) is 1.97. The van der Waals surface area contributed by atoms with Crippen molar-refractivity contribution in [3.05, 3.63) is 28.3 Å². The Morgan fingerprint density at radius 2 is 2.17 bits per heavy atom. The highest BCUT2D eigenvalue weighted by Crippen LogP contribution is 2.26. The smallest absolute Gasteiger partial charge is 0.252 e. The van der Waals surface area contributed by atoms with Crippen LogP contribution in [0.25, 0.3) is 0 Å². The van der Waals surface area contributed by atoms with E-state index < -0.39 is 5.91 Å². The van der Waals surface area contributed by atoms with Gasteiger partial charge in [0.15, 0.2) is 0 Å². The molecule has 0 bridgehead atoms. The Bertz CT molecular complexity index is 336. The molecule has 0 unspecified atom stereocenters. The number of nitrogens with two attached hydrogens (primary N) is 1. The molecule has 0 aliphatic heterocycles. The normalized spacial score (nSPS) is 9.83. The molecular weight excluding hydrogens is 178 g/mol. The van der Waals surface area contributed by atoms with Crippen LogP contribution < -0.4 is 5.73 Å². The zero-order chi connectivity index (χ0) is 9.30. The van der Waals surface area contributed by atoms with E-state index in [2.05, 4.69) is 0 Å². The van der Waals surface area contributed by atoms with Crippen LogP contribution in [0.4, 0.5) is 0 Å². The lowest BCUT2D eigenvalue weighted by Crippen LogP contribution is -2.13. The number of primary amides is 1. The summed E-state index contributed by atoms with van der Waals surface area (Å²) in [6.45, 7) is 1.63. The third-order valence-electron chi connectivity index (χ3n) is 1.62. The molecule has 3 N–H and O–H groups in total. The summed E-state index contributed by atoms with van der Waals surface area (Å²) in [6, 6.07) is 2.86. The van der Waals surface area contributed by atoms with Gasteiger partial charge in [0.2, 0.25) is 0 Å². The second-order valence-corrected chi connectivity index (χ2v) is 2.84. The molecule has 1 aromatic carbocycles. The molecule has 64 valence electrons. The number of hydrogen-bond donors (Lipinski definition) is 2. The van der Waals surface area contributed by atoms with Gasteiger partial charge in [0.1, 0.15) is 5.75 Å². The van der Waals surface area contributed by atoms with Crippen molar-refractivity contribution in [3.8, 4) is 5.75 Å². The molecular formula is C8H8ClNO2. The van der Waals surface area contributed by atoms with Crippen LogP contribution in [0, 0.1) is 6.92 Å². The molecule has 0 aliphatic carbocycles. The van der Waals surface area contributed by atoms with Crippen molar-refractivity contribution in [2.75, 3.05) is 0 Å². The van der Waals surface area contributed by atoms with Crippen molar-refractivity contribution in [2.24, 2.45) is 5.73 Å². The summed E-state index contributed by atoms with van der Waals surface area (Å²) in [5.74, 6) is -0.808. The van der Waals surface area contributed by atoms with Gasteiger partial charge in [-0.05, 0) is 24.6 Å². The molecule has 3 nitrogen and oxygen atoms in total. The van der Waals surface area contributed by atoms with Gasteiger partial charge in [-0.25, -0.2) is 0 Å². The largest absolute Gasteiger partial charge is 0.507 e. The predicted molar refractivity (Wildman–Crippen MR) is 46.4 cm³/mol. The number of carbonyl (C=O) groups excluding carboxylic acids is 1. The molecule has 0 aliphatic rings. The van der Waals surface area contributed by atoms with Crippen LogP contribution >= 0.6 is 11.6 Å². The van der Waals surface area contributed by atoms with Crippen molar-refractivity contribution in [1.29, 1.82) is 0 Å². The average molecular weight is 186 g/mol. The zero-order valence-corrected chi connectivity index (χ0v) is 7.22. The van der Waals surface area contributed by atoms with Crippen molar-refractivity contribution in [1.82, 2.24) is 0 Å². The van der Waals surface area contributed by atoms with E-state index in [0.717, 1.165) is 0 Å². The van der Waals surface area contributed by atoms with Gasteiger partial charge in [0.05, 0.1) is 5.56 Å². The molecule has 0 radical (unpaired) electrons. The highest BCUT2D eigenvalue weighted by atomic mass is 35.5. The van der Waals surface area contributed by atoms with Gasteiger partial charge in [-0.2, -0.15) is 0 Å². The number of rotatable bonds is 1. The number of carbonyl (C=O) groups is 1. The van der Waals surface area contributed by atoms with Crippen molar-refractivity contribution >= 4 is 17.5 Å². The topological polar surface area (TPSA) is 63.3 Å². The van der Waals surface area contributed by atoms with E-state index in [-0.39, 0.29) is 11.3 Å². The van der Waals surface area contributed by atoms with E-state index in [1.807, 2.05) is 0 Å². The quantitative estimate of drug-likeness (QED) is 0.696. The first-order chi connectivity index (χ1) is 5.54. The molecule has 0 atom stereocenters. The molecule has 0 fully saturated rings. The molecule has 0 spiro atoms. The summed E-state index contributed by atoms with van der Waals surface area (Å²) in [7, 11) is 0. The highest BCUT2D eigenvalue weighted by molar-refractivity contribution is 6.32. The second kappa shape index (κ2) is 3.03. The third kappa shape index (κ3) is 1.36. The fourth-order valence-electron chi connectivity index (χ4n) is 0.983. The van der Waals surface area contributed by atoms with Gasteiger partial charge in [0, 0.05) is 5.02 Å². The summed E-state index contributed by atoms with van der Waals surface area (Å²) in [5.41, 5.74) is 5.62. The molecule has 12 heavy (non-hydrogen) atoms. The summed E-state index contributed by atoms with van der Waals surface area (Å²) < 4.78 is 0. The lowest BCUT2D eigenvalue weighted by atomic mass is 10.1. The van der Waals surface area contributed by atoms with Crippen molar-refractivity contribution in [3.63, 3.8) is 0 Å². The monoisotopic (exact) mass is 185 g/mol. The van der Waals surface area contributed by atoms with Gasteiger partial charge in [-0.1, -0.05) is 11.6 Å². The molecule has 0 heterocycles. The molecule has 4 heteroatoms. The Hall–Kier alpha value is -1.22. The predicted octanol–water partition coefficient (Wildman–Crippen LogP) is 1.45. The number of hydrogen-bond acceptors (Lipinski definition) is 2. The molecule has 1 amide bonds. The molecule has 0 aromatic heterocycles. The maximum Gasteiger partial charge on any atom is 0.252 e. The minimum absolute atomic E-state index is 0.0856. The second-order valence-electron chi connectivity index (χ2n) is 2.43. The third-order valence-corrected chi connectivity index (χ3v) is 2.03. The van der Waals surface area contributed by atoms with Gasteiger partial charge in [-0.15, -0.1) is 0 Å². The van der Waals surface area contributed by atoms with Gasteiger partial charge in [0.25, 0.3) is 5.91 Å². The lowest BCUT2D eigenvalue weighted by molar-refractivity contribution is 0.0997. The first-order valence-electron chi connectivity index (χ1n) is 3.32. The van der Waals surface area contributed by atoms with E-state index in [4.69, 9.17) is 17.3 Å². The minimum atomic E-state index is -0.674. The molecule has 0 saturated heterocycles. The maximum absolute atomic E-state index is 10.8. The summed E-state index contributed by atoms with van der Waals surface area (Å²) in [5, 5.41) is 9.64. The summed E-state index contributed by atoms with van der Waals surface area (Å²) in [6.07, 6.45) is 0. The minimum Gasteiger partial charge on any atom is -0.507 e. The number of aromatic hydroxyl groups is 1. The maximum atomic E-state index is 10.8. The summed E-state index contributed by atoms with van der Waals surface area (Å²) >= 11 is 5.71. The Morgan fingerprint density at radius 3 is 2.58 bits per heavy atom. The van der Waals surface area contributed by atoms with Crippen LogP contribution in [0.3, 0.4) is 0 Å². The van der Waals surface area contributed by atoms with Gasteiger partial charge < -0.3 is 10.8 Å². The van der Waals surface area contributed by atoms with E-state index in [1.165, 1.54) is 12.1 Å². The zero-order valence-electron chi connectivity index (χ0n) is 6.47. The van der Waals surface area contributed by atoms with Crippen LogP contribution in [0.15, 0.2) is 12.1 Å². The van der Waals surface area contributed by atoms with Crippen molar-refractivity contribution in [2.45, 2.75) is 6.92 Å². The fraction of sp³-hybridized carbons (Fsp3) is 0.125. The molecule has 1 aromatic rings.